The molecule has 2 aromatic carbocycles. The third kappa shape index (κ3) is 4.01. The smallest absolute Gasteiger partial charge is 0.387 e. The lowest BCUT2D eigenvalue weighted by atomic mass is 10.2. The molecule has 0 aliphatic rings. The third-order valence-corrected chi connectivity index (χ3v) is 4.24. The van der Waals surface area contributed by atoms with Gasteiger partial charge < -0.3 is 4.74 Å². The van der Waals surface area contributed by atoms with Gasteiger partial charge in [-0.3, -0.25) is 0 Å². The molecule has 0 aliphatic carbocycles. The van der Waals surface area contributed by atoms with Crippen LogP contribution < -0.4 is 4.74 Å². The second kappa shape index (κ2) is 7.59. The van der Waals surface area contributed by atoms with Crippen LogP contribution in [0.2, 0.25) is 5.02 Å². The Morgan fingerprint density at radius 3 is 2.71 bits per heavy atom. The maximum absolute atomic E-state index is 12.5. The van der Waals surface area contributed by atoms with Crippen LogP contribution in [0.15, 0.2) is 53.7 Å². The molecule has 0 saturated heterocycles. The van der Waals surface area contributed by atoms with Crippen molar-refractivity contribution < 1.29 is 13.5 Å². The minimum Gasteiger partial charge on any atom is -0.435 e. The Hall–Kier alpha value is -2.19. The van der Waals surface area contributed by atoms with Crippen molar-refractivity contribution in [3.05, 3.63) is 59.1 Å². The van der Waals surface area contributed by atoms with Crippen molar-refractivity contribution in [3.8, 4) is 11.4 Å². The lowest BCUT2D eigenvalue weighted by Gasteiger charge is -2.11. The number of hydrogen-bond donors (Lipinski definition) is 0. The summed E-state index contributed by atoms with van der Waals surface area (Å²) in [4.78, 5) is 0. The summed E-state index contributed by atoms with van der Waals surface area (Å²) in [6.07, 6.45) is 0. The molecule has 1 aromatic heterocycles. The largest absolute Gasteiger partial charge is 0.435 e. The molecule has 0 radical (unpaired) electrons. The van der Waals surface area contributed by atoms with E-state index in [1.165, 1.54) is 23.9 Å². The van der Waals surface area contributed by atoms with Gasteiger partial charge in [0.05, 0.1) is 5.69 Å². The molecular formula is C15H11ClF2N4OS. The maximum Gasteiger partial charge on any atom is 0.387 e. The molecule has 0 atom stereocenters. The number of para-hydroxylation sites is 1. The Morgan fingerprint density at radius 2 is 1.96 bits per heavy atom. The first-order valence-corrected chi connectivity index (χ1v) is 8.19. The first-order chi connectivity index (χ1) is 11.6. The second-order valence-electron chi connectivity index (χ2n) is 4.63. The Balaban J connectivity index is 1.80. The van der Waals surface area contributed by atoms with Crippen LogP contribution >= 0.6 is 23.4 Å². The van der Waals surface area contributed by atoms with Gasteiger partial charge in [0, 0.05) is 16.3 Å². The maximum atomic E-state index is 12.5. The van der Waals surface area contributed by atoms with E-state index in [4.69, 9.17) is 11.6 Å². The normalized spacial score (nSPS) is 11.0. The van der Waals surface area contributed by atoms with Crippen molar-refractivity contribution in [1.82, 2.24) is 20.2 Å². The number of thioether (sulfide) groups is 1. The monoisotopic (exact) mass is 368 g/mol. The number of hydrogen-bond acceptors (Lipinski definition) is 5. The fourth-order valence-electron chi connectivity index (χ4n) is 2.01. The van der Waals surface area contributed by atoms with Crippen LogP contribution in [0.1, 0.15) is 5.56 Å². The third-order valence-electron chi connectivity index (χ3n) is 3.04. The van der Waals surface area contributed by atoms with Crippen LogP contribution in [0.25, 0.3) is 5.69 Å². The molecule has 0 unspecified atom stereocenters. The minimum absolute atomic E-state index is 0.0839. The van der Waals surface area contributed by atoms with Gasteiger partial charge in [0.15, 0.2) is 0 Å². The average Bonchev–Trinajstić information content (AvgIpc) is 3.04. The Bertz CT molecular complexity index is 816. The first-order valence-electron chi connectivity index (χ1n) is 6.83. The number of rotatable bonds is 6. The van der Waals surface area contributed by atoms with Gasteiger partial charge in [-0.05, 0) is 40.8 Å². The van der Waals surface area contributed by atoms with E-state index < -0.39 is 6.61 Å². The molecule has 5 nitrogen and oxygen atoms in total. The topological polar surface area (TPSA) is 52.8 Å². The van der Waals surface area contributed by atoms with E-state index in [-0.39, 0.29) is 5.75 Å². The highest BCUT2D eigenvalue weighted by atomic mass is 35.5. The molecule has 1 heterocycles. The highest BCUT2D eigenvalue weighted by Gasteiger charge is 2.14. The zero-order chi connectivity index (χ0) is 16.9. The number of aromatic nitrogens is 4. The predicted octanol–water partition coefficient (Wildman–Crippen LogP) is 4.21. The molecule has 9 heteroatoms. The zero-order valence-corrected chi connectivity index (χ0v) is 13.7. The average molecular weight is 369 g/mol. The van der Waals surface area contributed by atoms with Crippen LogP contribution in [-0.4, -0.2) is 26.8 Å². The van der Waals surface area contributed by atoms with Gasteiger partial charge in [0.25, 0.3) is 0 Å². The van der Waals surface area contributed by atoms with E-state index in [1.54, 1.807) is 10.7 Å². The van der Waals surface area contributed by atoms with Crippen molar-refractivity contribution in [1.29, 1.82) is 0 Å². The molecule has 124 valence electrons. The van der Waals surface area contributed by atoms with Crippen molar-refractivity contribution in [2.24, 2.45) is 0 Å². The summed E-state index contributed by atoms with van der Waals surface area (Å²) in [5, 5.41) is 12.5. The van der Waals surface area contributed by atoms with Crippen molar-refractivity contribution in [3.63, 3.8) is 0 Å². The lowest BCUT2D eigenvalue weighted by molar-refractivity contribution is -0.0503. The molecule has 0 fully saturated rings. The molecule has 0 aliphatic heterocycles. The van der Waals surface area contributed by atoms with Crippen molar-refractivity contribution in [2.75, 3.05) is 0 Å². The van der Waals surface area contributed by atoms with Crippen LogP contribution in [0, 0.1) is 0 Å². The van der Waals surface area contributed by atoms with E-state index in [2.05, 4.69) is 20.3 Å². The molecule has 3 aromatic rings. The summed E-state index contributed by atoms with van der Waals surface area (Å²) in [5.74, 6) is 0.413. The summed E-state index contributed by atoms with van der Waals surface area (Å²) in [6, 6.07) is 13.9. The second-order valence-corrected chi connectivity index (χ2v) is 6.01. The van der Waals surface area contributed by atoms with Gasteiger partial charge in [0.1, 0.15) is 5.75 Å². The number of ether oxygens (including phenoxy) is 1. The highest BCUT2D eigenvalue weighted by Crippen LogP contribution is 2.30. The molecule has 0 saturated carbocycles. The quantitative estimate of drug-likeness (QED) is 0.610. The van der Waals surface area contributed by atoms with Gasteiger partial charge in [0.2, 0.25) is 5.16 Å². The predicted molar refractivity (Wildman–Crippen MR) is 86.8 cm³/mol. The Morgan fingerprint density at radius 1 is 1.17 bits per heavy atom. The number of benzene rings is 2. The van der Waals surface area contributed by atoms with E-state index in [9.17, 15) is 8.78 Å². The number of halogens is 3. The lowest BCUT2D eigenvalue weighted by Crippen LogP contribution is -2.04. The van der Waals surface area contributed by atoms with Crippen molar-refractivity contribution in [2.45, 2.75) is 17.5 Å². The van der Waals surface area contributed by atoms with Crippen LogP contribution in [0.4, 0.5) is 8.78 Å². The van der Waals surface area contributed by atoms with Gasteiger partial charge >= 0.3 is 6.61 Å². The summed E-state index contributed by atoms with van der Waals surface area (Å²) < 4.78 is 31.1. The number of tetrazole rings is 1. The van der Waals surface area contributed by atoms with Gasteiger partial charge in [-0.15, -0.1) is 5.10 Å². The Labute approximate surface area is 145 Å². The summed E-state index contributed by atoms with van der Waals surface area (Å²) in [5.41, 5.74) is 1.34. The van der Waals surface area contributed by atoms with Crippen LogP contribution in [0.5, 0.6) is 5.75 Å². The SMILES string of the molecule is FC(F)Oc1ccc(Cl)cc1CSc1nnnn1-c1ccccc1. The van der Waals surface area contributed by atoms with Crippen LogP contribution in [0.3, 0.4) is 0 Å². The molecular weight excluding hydrogens is 358 g/mol. The fraction of sp³-hybridized carbons (Fsp3) is 0.133. The molecule has 0 amide bonds. The minimum atomic E-state index is -2.90. The van der Waals surface area contributed by atoms with Gasteiger partial charge in [-0.25, -0.2) is 0 Å². The fourth-order valence-corrected chi connectivity index (χ4v) is 3.08. The van der Waals surface area contributed by atoms with E-state index in [0.29, 0.717) is 21.5 Å². The molecule has 24 heavy (non-hydrogen) atoms. The zero-order valence-electron chi connectivity index (χ0n) is 12.1. The number of nitrogens with zero attached hydrogens (tertiary/aromatic N) is 4. The Kier molecular flexibility index (Phi) is 5.27. The van der Waals surface area contributed by atoms with E-state index >= 15 is 0 Å². The van der Waals surface area contributed by atoms with Gasteiger partial charge in [-0.1, -0.05) is 41.6 Å². The van der Waals surface area contributed by atoms with Crippen LogP contribution in [-0.2, 0) is 5.75 Å². The molecule has 0 spiro atoms. The van der Waals surface area contributed by atoms with E-state index in [0.717, 1.165) is 5.69 Å². The van der Waals surface area contributed by atoms with E-state index in [1.807, 2.05) is 30.3 Å². The van der Waals surface area contributed by atoms with Gasteiger partial charge in [-0.2, -0.15) is 13.5 Å². The molecule has 3 rings (SSSR count). The molecule has 0 bridgehead atoms. The number of alkyl halides is 2. The standard InChI is InChI=1S/C15H11ClF2N4OS/c16-11-6-7-13(23-14(17)18)10(8-11)9-24-15-19-20-21-22(15)12-4-2-1-3-5-12/h1-8,14H,9H2. The summed E-state index contributed by atoms with van der Waals surface area (Å²) in [7, 11) is 0. The highest BCUT2D eigenvalue weighted by molar-refractivity contribution is 7.98. The summed E-state index contributed by atoms with van der Waals surface area (Å²) >= 11 is 7.24. The molecule has 0 N–H and O–H groups in total. The summed E-state index contributed by atoms with van der Waals surface area (Å²) in [6.45, 7) is -2.90. The first kappa shape index (κ1) is 16.7. The van der Waals surface area contributed by atoms with Crippen molar-refractivity contribution >= 4 is 23.4 Å².